The summed E-state index contributed by atoms with van der Waals surface area (Å²) in [6, 6.07) is -1.31. The Morgan fingerprint density at radius 3 is 2.30 bits per heavy atom. The van der Waals surface area contributed by atoms with Gasteiger partial charge in [-0.3, -0.25) is 19.2 Å². The van der Waals surface area contributed by atoms with E-state index in [-0.39, 0.29) is 55.4 Å². The third kappa shape index (κ3) is 5.67. The molecule has 0 aromatic heterocycles. The number of hydrogen-bond donors (Lipinski definition) is 3. The van der Waals surface area contributed by atoms with E-state index >= 15 is 0 Å². The van der Waals surface area contributed by atoms with Crippen LogP contribution in [0.1, 0.15) is 85.5 Å². The van der Waals surface area contributed by atoms with Crippen LogP contribution in [0.25, 0.3) is 0 Å². The number of carbonyl (C=O) groups excluding carboxylic acids is 4. The lowest BCUT2D eigenvalue weighted by molar-refractivity contribution is -0.244. The molecule has 0 radical (unpaired) electrons. The summed E-state index contributed by atoms with van der Waals surface area (Å²) in [7, 11) is 0. The molecule has 44 heavy (non-hydrogen) atoms. The molecule has 3 saturated carbocycles. The molecule has 0 bridgehead atoms. The van der Waals surface area contributed by atoms with Gasteiger partial charge in [0.25, 0.3) is 0 Å². The summed E-state index contributed by atoms with van der Waals surface area (Å²) in [6.07, 6.45) is -2.30. The first-order chi connectivity index (χ1) is 20.5. The summed E-state index contributed by atoms with van der Waals surface area (Å²) >= 11 is 0. The largest absolute Gasteiger partial charge is 0.403 e. The second-order valence-electron chi connectivity index (χ2n) is 14.5. The summed E-state index contributed by atoms with van der Waals surface area (Å²) in [5.41, 5.74) is -3.38. The number of ether oxygens (including phenoxy) is 1. The maximum atomic E-state index is 14.3. The maximum Gasteiger partial charge on any atom is 0.403 e. The molecule has 4 amide bonds. The van der Waals surface area contributed by atoms with Gasteiger partial charge in [0.1, 0.15) is 23.5 Å². The molecule has 13 heteroatoms. The van der Waals surface area contributed by atoms with Crippen molar-refractivity contribution in [2.45, 2.75) is 121 Å². The van der Waals surface area contributed by atoms with Crippen molar-refractivity contribution in [2.24, 2.45) is 28.6 Å². The normalized spacial score (nSPS) is 31.5. The highest BCUT2D eigenvalue weighted by atomic mass is 19.4. The fraction of sp³-hybridized carbons (Fsp3) is 0.839. The molecule has 0 aromatic rings. The lowest BCUT2D eigenvalue weighted by Crippen LogP contribution is -2.64. The molecule has 0 unspecified atom stereocenters. The third-order valence-corrected chi connectivity index (χ3v) is 11.2. The Morgan fingerprint density at radius 2 is 1.77 bits per heavy atom. The van der Waals surface area contributed by atoms with Crippen molar-refractivity contribution in [3.8, 4) is 6.07 Å². The highest BCUT2D eigenvalue weighted by Crippen LogP contribution is 2.65. The Labute approximate surface area is 256 Å². The van der Waals surface area contributed by atoms with Crippen LogP contribution in [0.4, 0.5) is 13.2 Å². The molecule has 5 fully saturated rings. The number of hydrogen-bond acceptors (Lipinski definition) is 6. The zero-order valence-corrected chi connectivity index (χ0v) is 25.9. The summed E-state index contributed by atoms with van der Waals surface area (Å²) in [5, 5.41) is 17.8. The van der Waals surface area contributed by atoms with E-state index in [1.165, 1.54) is 4.90 Å². The molecular weight excluding hydrogens is 579 g/mol. The van der Waals surface area contributed by atoms with Gasteiger partial charge in [0.2, 0.25) is 23.6 Å². The molecule has 244 valence electrons. The van der Waals surface area contributed by atoms with Crippen LogP contribution in [-0.2, 0) is 23.9 Å². The summed E-state index contributed by atoms with van der Waals surface area (Å²) in [4.78, 5) is 55.0. The number of halogens is 3. The minimum atomic E-state index is -4.77. The summed E-state index contributed by atoms with van der Waals surface area (Å²) < 4.78 is 48.4. The van der Waals surface area contributed by atoms with Gasteiger partial charge in [-0.05, 0) is 82.5 Å². The van der Waals surface area contributed by atoms with E-state index < -0.39 is 65.1 Å². The number of piperidine rings is 2. The molecular formula is C31H44F3N5O5. The van der Waals surface area contributed by atoms with Gasteiger partial charge < -0.3 is 25.6 Å². The first kappa shape index (κ1) is 32.5. The van der Waals surface area contributed by atoms with E-state index in [1.54, 1.807) is 6.92 Å². The lowest BCUT2D eigenvalue weighted by atomic mass is 9.67. The van der Waals surface area contributed by atoms with Gasteiger partial charge in [0.15, 0.2) is 0 Å². The van der Waals surface area contributed by atoms with Crippen LogP contribution in [0.5, 0.6) is 0 Å². The van der Waals surface area contributed by atoms with Gasteiger partial charge in [0.05, 0.1) is 17.8 Å². The first-order valence-corrected chi connectivity index (χ1v) is 15.9. The molecule has 2 aliphatic heterocycles. The molecule has 2 saturated heterocycles. The van der Waals surface area contributed by atoms with Crippen LogP contribution >= 0.6 is 0 Å². The van der Waals surface area contributed by atoms with Crippen molar-refractivity contribution in [1.29, 1.82) is 5.26 Å². The van der Waals surface area contributed by atoms with Crippen molar-refractivity contribution in [3.05, 3.63) is 0 Å². The molecule has 10 nitrogen and oxygen atoms in total. The second kappa shape index (κ2) is 11.5. The highest BCUT2D eigenvalue weighted by Gasteiger charge is 2.70. The van der Waals surface area contributed by atoms with Crippen LogP contribution in [0.2, 0.25) is 0 Å². The van der Waals surface area contributed by atoms with E-state index in [2.05, 4.69) is 22.0 Å². The maximum absolute atomic E-state index is 14.3. The van der Waals surface area contributed by atoms with E-state index in [1.807, 2.05) is 20.8 Å². The van der Waals surface area contributed by atoms with Crippen molar-refractivity contribution >= 4 is 23.6 Å². The monoisotopic (exact) mass is 623 g/mol. The number of amides is 4. The number of nitriles is 1. The van der Waals surface area contributed by atoms with Crippen LogP contribution in [0, 0.1) is 39.9 Å². The fourth-order valence-corrected chi connectivity index (χ4v) is 7.88. The number of alkyl halides is 3. The van der Waals surface area contributed by atoms with Crippen molar-refractivity contribution in [3.63, 3.8) is 0 Å². The highest BCUT2D eigenvalue weighted by molar-refractivity contribution is 5.95. The average Bonchev–Trinajstić information content (AvgIpc) is 3.22. The van der Waals surface area contributed by atoms with Gasteiger partial charge in [-0.1, -0.05) is 20.3 Å². The van der Waals surface area contributed by atoms with Gasteiger partial charge in [-0.2, -0.15) is 18.4 Å². The minimum Gasteiger partial charge on any atom is -0.370 e. The van der Waals surface area contributed by atoms with E-state index in [0.717, 1.165) is 25.7 Å². The smallest absolute Gasteiger partial charge is 0.370 e. The number of nitrogens with one attached hydrogen (secondary N) is 3. The zero-order chi connectivity index (χ0) is 32.2. The fourth-order valence-electron chi connectivity index (χ4n) is 7.88. The van der Waals surface area contributed by atoms with Crippen molar-refractivity contribution in [1.82, 2.24) is 20.9 Å². The zero-order valence-electron chi connectivity index (χ0n) is 25.9. The average molecular weight is 624 g/mol. The van der Waals surface area contributed by atoms with E-state index in [9.17, 15) is 37.6 Å². The van der Waals surface area contributed by atoms with Crippen LogP contribution in [0.3, 0.4) is 0 Å². The SMILES string of the molecule is C[C@@H](OC1(C)CCC1)[C@H](NC(=O)C1(C(F)(F)F)CCC1)C(=O)N1C[C@H]2[C@@H]([C@H]1C(=O)N[C@H](C#N)C[C@@H]1CCCNC1=O)C2(C)C. The standard InChI is InChI=1S/C31H44F3N5O5/c1-17(44-29(4)9-6-10-29)22(38-27(43)30(11-7-12-30)31(32,33)34)26(42)39-16-20-21(28(20,2)3)23(39)25(41)37-19(15-35)14-18-8-5-13-36-24(18)40/h17-23H,5-14,16H2,1-4H3,(H,36,40)(H,37,41)(H,38,43)/t17-,18+,19+,20+,21+,22+,23+/m1/s1. The minimum absolute atomic E-state index is 0.0308. The van der Waals surface area contributed by atoms with Gasteiger partial charge in [-0.15, -0.1) is 0 Å². The number of carbonyl (C=O) groups is 4. The number of rotatable bonds is 10. The van der Waals surface area contributed by atoms with Crippen molar-refractivity contribution < 1.29 is 37.1 Å². The molecule has 5 rings (SSSR count). The van der Waals surface area contributed by atoms with Crippen LogP contribution in [0.15, 0.2) is 0 Å². The van der Waals surface area contributed by atoms with Gasteiger partial charge >= 0.3 is 6.18 Å². The summed E-state index contributed by atoms with van der Waals surface area (Å²) in [5.74, 6) is -3.31. The Kier molecular flexibility index (Phi) is 8.49. The van der Waals surface area contributed by atoms with Crippen LogP contribution in [-0.4, -0.2) is 77.6 Å². The Bertz CT molecular complexity index is 1220. The molecule has 5 aliphatic rings. The van der Waals surface area contributed by atoms with E-state index in [4.69, 9.17) is 4.74 Å². The molecule has 2 heterocycles. The van der Waals surface area contributed by atoms with E-state index in [0.29, 0.717) is 13.0 Å². The first-order valence-electron chi connectivity index (χ1n) is 15.9. The predicted molar refractivity (Wildman–Crippen MR) is 151 cm³/mol. The molecule has 3 aliphatic carbocycles. The second-order valence-corrected chi connectivity index (χ2v) is 14.5. The third-order valence-electron chi connectivity index (χ3n) is 11.2. The van der Waals surface area contributed by atoms with Crippen molar-refractivity contribution in [2.75, 3.05) is 13.1 Å². The quantitative estimate of drug-likeness (QED) is 0.342. The Morgan fingerprint density at radius 1 is 1.11 bits per heavy atom. The van der Waals surface area contributed by atoms with Crippen LogP contribution < -0.4 is 16.0 Å². The number of likely N-dealkylation sites (tertiary alicyclic amines) is 1. The van der Waals surface area contributed by atoms with Gasteiger partial charge in [-0.25, -0.2) is 0 Å². The Balaban J connectivity index is 1.37. The molecule has 7 atom stereocenters. The molecule has 0 aromatic carbocycles. The summed E-state index contributed by atoms with van der Waals surface area (Å²) in [6.45, 7) is 8.19. The molecule has 0 spiro atoms. The topological polar surface area (TPSA) is 141 Å². The Hall–Kier alpha value is -2.88. The number of nitrogens with zero attached hydrogens (tertiary/aromatic N) is 2. The predicted octanol–water partition coefficient (Wildman–Crippen LogP) is 2.96. The lowest BCUT2D eigenvalue weighted by Gasteiger charge is -2.45. The molecule has 3 N–H and O–H groups in total. The van der Waals surface area contributed by atoms with Gasteiger partial charge in [0, 0.05) is 19.0 Å². The number of fused-ring (bicyclic) bond motifs is 1.